The summed E-state index contributed by atoms with van der Waals surface area (Å²) in [6.07, 6.45) is 9.20. The van der Waals surface area contributed by atoms with Crippen LogP contribution in [0.3, 0.4) is 0 Å². The molecule has 0 unspecified atom stereocenters. The maximum Gasteiger partial charge on any atom is 0.179 e. The van der Waals surface area contributed by atoms with Crippen molar-refractivity contribution in [3.63, 3.8) is 0 Å². The second-order valence-corrected chi connectivity index (χ2v) is 6.99. The highest BCUT2D eigenvalue weighted by atomic mass is 32.2. The van der Waals surface area contributed by atoms with Crippen LogP contribution in [0.2, 0.25) is 0 Å². The normalized spacial score (nSPS) is 17.6. The van der Waals surface area contributed by atoms with Crippen LogP contribution in [0.25, 0.3) is 0 Å². The largest absolute Gasteiger partial charge is 0.369 e. The fourth-order valence-electron chi connectivity index (χ4n) is 2.45. The lowest BCUT2D eigenvalue weighted by atomic mass is 9.89. The molecule has 1 heterocycles. The van der Waals surface area contributed by atoms with Gasteiger partial charge in [0.1, 0.15) is 10.7 Å². The molecule has 0 amide bonds. The van der Waals surface area contributed by atoms with Gasteiger partial charge in [-0.05, 0) is 30.9 Å². The van der Waals surface area contributed by atoms with E-state index in [2.05, 4.69) is 10.3 Å². The van der Waals surface area contributed by atoms with Crippen LogP contribution in [0.15, 0.2) is 23.2 Å². The molecule has 1 aliphatic rings. The first kappa shape index (κ1) is 13.3. The van der Waals surface area contributed by atoms with Gasteiger partial charge < -0.3 is 5.32 Å². The lowest BCUT2D eigenvalue weighted by Crippen LogP contribution is -2.18. The van der Waals surface area contributed by atoms with E-state index in [-0.39, 0.29) is 0 Å². The number of aromatic nitrogens is 1. The Morgan fingerprint density at radius 2 is 2.06 bits per heavy atom. The van der Waals surface area contributed by atoms with Gasteiger partial charge in [-0.25, -0.2) is 13.4 Å². The molecule has 0 spiro atoms. The second kappa shape index (κ2) is 5.69. The molecule has 5 heteroatoms. The van der Waals surface area contributed by atoms with E-state index in [4.69, 9.17) is 0 Å². The molecule has 1 fully saturated rings. The van der Waals surface area contributed by atoms with Gasteiger partial charge in [0.25, 0.3) is 0 Å². The van der Waals surface area contributed by atoms with Gasteiger partial charge in [-0.3, -0.25) is 0 Å². The van der Waals surface area contributed by atoms with E-state index in [1.54, 1.807) is 18.3 Å². The molecule has 1 aliphatic carbocycles. The van der Waals surface area contributed by atoms with Crippen LogP contribution in [0.4, 0.5) is 5.82 Å². The number of nitrogens with zero attached hydrogens (tertiary/aromatic N) is 1. The lowest BCUT2D eigenvalue weighted by Gasteiger charge is -2.22. The Hall–Kier alpha value is -1.10. The zero-order valence-electron chi connectivity index (χ0n) is 10.7. The van der Waals surface area contributed by atoms with Crippen molar-refractivity contribution in [3.05, 3.63) is 18.3 Å². The Labute approximate surface area is 109 Å². The third-order valence-electron chi connectivity index (χ3n) is 3.45. The van der Waals surface area contributed by atoms with Crippen molar-refractivity contribution in [1.29, 1.82) is 0 Å². The summed E-state index contributed by atoms with van der Waals surface area (Å²) in [6, 6.07) is 3.26. The monoisotopic (exact) mass is 268 g/mol. The molecule has 0 atom stereocenters. The molecule has 100 valence electrons. The van der Waals surface area contributed by atoms with E-state index in [0.717, 1.165) is 6.54 Å². The molecule has 0 aliphatic heterocycles. The topological polar surface area (TPSA) is 59.1 Å². The quantitative estimate of drug-likeness (QED) is 0.911. The highest BCUT2D eigenvalue weighted by molar-refractivity contribution is 7.90. The van der Waals surface area contributed by atoms with Gasteiger partial charge in [0.15, 0.2) is 9.84 Å². The maximum atomic E-state index is 11.6. The Kier molecular flexibility index (Phi) is 4.22. The van der Waals surface area contributed by atoms with E-state index >= 15 is 0 Å². The Bertz CT molecular complexity index is 493. The van der Waals surface area contributed by atoms with E-state index in [9.17, 15) is 8.42 Å². The second-order valence-electron chi connectivity index (χ2n) is 5.01. The Morgan fingerprint density at radius 1 is 1.33 bits per heavy atom. The highest BCUT2D eigenvalue weighted by Gasteiger charge is 2.17. The van der Waals surface area contributed by atoms with Crippen molar-refractivity contribution in [2.75, 3.05) is 18.1 Å². The molecular formula is C13H20N2O2S. The van der Waals surface area contributed by atoms with Gasteiger partial charge in [0.05, 0.1) is 0 Å². The van der Waals surface area contributed by atoms with Crippen LogP contribution < -0.4 is 5.32 Å². The fraction of sp³-hybridized carbons (Fsp3) is 0.615. The minimum absolute atomic E-state index is 0.292. The SMILES string of the molecule is CS(=O)(=O)c1cccnc1NCC1CCCCC1. The Morgan fingerprint density at radius 3 is 2.72 bits per heavy atom. The first-order valence-electron chi connectivity index (χ1n) is 6.46. The molecule has 0 saturated heterocycles. The standard InChI is InChI=1S/C13H20N2O2S/c1-18(16,17)12-8-5-9-14-13(12)15-10-11-6-3-2-4-7-11/h5,8-9,11H,2-4,6-7,10H2,1H3,(H,14,15). The molecular weight excluding hydrogens is 248 g/mol. The Balaban J connectivity index is 2.05. The zero-order valence-corrected chi connectivity index (χ0v) is 11.5. The lowest BCUT2D eigenvalue weighted by molar-refractivity contribution is 0.373. The third-order valence-corrected chi connectivity index (χ3v) is 4.58. The van der Waals surface area contributed by atoms with Gasteiger partial charge in [-0.15, -0.1) is 0 Å². The summed E-state index contributed by atoms with van der Waals surface area (Å²) in [5.74, 6) is 1.14. The van der Waals surface area contributed by atoms with Crippen molar-refractivity contribution in [1.82, 2.24) is 4.98 Å². The molecule has 1 saturated carbocycles. The predicted octanol–water partition coefficient (Wildman–Crippen LogP) is 2.48. The summed E-state index contributed by atoms with van der Waals surface area (Å²) in [6.45, 7) is 0.819. The van der Waals surface area contributed by atoms with Crippen molar-refractivity contribution in [2.45, 2.75) is 37.0 Å². The van der Waals surface area contributed by atoms with Crippen LogP contribution in [-0.2, 0) is 9.84 Å². The van der Waals surface area contributed by atoms with E-state index in [1.165, 1.54) is 38.4 Å². The summed E-state index contributed by atoms with van der Waals surface area (Å²) < 4.78 is 23.2. The van der Waals surface area contributed by atoms with Gasteiger partial charge in [0, 0.05) is 19.0 Å². The average molecular weight is 268 g/mol. The summed E-state index contributed by atoms with van der Waals surface area (Å²) in [5.41, 5.74) is 0. The summed E-state index contributed by atoms with van der Waals surface area (Å²) >= 11 is 0. The molecule has 2 rings (SSSR count). The first-order valence-corrected chi connectivity index (χ1v) is 8.35. The van der Waals surface area contributed by atoms with E-state index < -0.39 is 9.84 Å². The van der Waals surface area contributed by atoms with Crippen LogP contribution >= 0.6 is 0 Å². The molecule has 0 radical (unpaired) electrons. The number of sulfone groups is 1. The van der Waals surface area contributed by atoms with Gasteiger partial charge in [-0.1, -0.05) is 19.3 Å². The smallest absolute Gasteiger partial charge is 0.179 e. The first-order chi connectivity index (χ1) is 8.57. The molecule has 1 N–H and O–H groups in total. The van der Waals surface area contributed by atoms with Gasteiger partial charge >= 0.3 is 0 Å². The molecule has 1 aromatic heterocycles. The molecule has 18 heavy (non-hydrogen) atoms. The molecule has 0 bridgehead atoms. The number of hydrogen-bond acceptors (Lipinski definition) is 4. The predicted molar refractivity (Wildman–Crippen MR) is 72.4 cm³/mol. The number of nitrogens with one attached hydrogen (secondary N) is 1. The number of hydrogen-bond donors (Lipinski definition) is 1. The summed E-state index contributed by atoms with van der Waals surface area (Å²) in [7, 11) is -3.21. The van der Waals surface area contributed by atoms with Crippen LogP contribution in [-0.4, -0.2) is 26.2 Å². The van der Waals surface area contributed by atoms with Crippen molar-refractivity contribution < 1.29 is 8.42 Å². The van der Waals surface area contributed by atoms with Crippen molar-refractivity contribution in [3.8, 4) is 0 Å². The zero-order chi connectivity index (χ0) is 13.0. The minimum atomic E-state index is -3.21. The van der Waals surface area contributed by atoms with Crippen molar-refractivity contribution >= 4 is 15.7 Å². The maximum absolute atomic E-state index is 11.6. The van der Waals surface area contributed by atoms with E-state index in [1.807, 2.05) is 0 Å². The van der Waals surface area contributed by atoms with Crippen LogP contribution in [0.5, 0.6) is 0 Å². The van der Waals surface area contributed by atoms with Crippen LogP contribution in [0.1, 0.15) is 32.1 Å². The molecule has 4 nitrogen and oxygen atoms in total. The summed E-state index contributed by atoms with van der Waals surface area (Å²) in [4.78, 5) is 4.43. The highest BCUT2D eigenvalue weighted by Crippen LogP contribution is 2.25. The fourth-order valence-corrected chi connectivity index (χ4v) is 3.26. The molecule has 0 aromatic carbocycles. The van der Waals surface area contributed by atoms with Crippen LogP contribution in [0, 0.1) is 5.92 Å². The number of rotatable bonds is 4. The minimum Gasteiger partial charge on any atom is -0.369 e. The number of anilines is 1. The summed E-state index contributed by atoms with van der Waals surface area (Å²) in [5, 5.41) is 3.20. The third kappa shape index (κ3) is 3.45. The average Bonchev–Trinajstić information content (AvgIpc) is 2.37. The van der Waals surface area contributed by atoms with Crippen molar-refractivity contribution in [2.24, 2.45) is 5.92 Å². The van der Waals surface area contributed by atoms with Gasteiger partial charge in [0.2, 0.25) is 0 Å². The molecule has 1 aromatic rings. The number of pyridine rings is 1. The van der Waals surface area contributed by atoms with Gasteiger partial charge in [-0.2, -0.15) is 0 Å². The van der Waals surface area contributed by atoms with E-state index in [0.29, 0.717) is 16.6 Å².